The average Bonchev–Trinajstić information content (AvgIpc) is 2.94. The number of carbonyl (C=O) groups excluding carboxylic acids is 1. The number of imidazole rings is 1. The van der Waals surface area contributed by atoms with E-state index in [0.29, 0.717) is 13.1 Å². The van der Waals surface area contributed by atoms with Gasteiger partial charge < -0.3 is 24.8 Å². The van der Waals surface area contributed by atoms with Crippen LogP contribution in [0.1, 0.15) is 16.1 Å². The fourth-order valence-corrected chi connectivity index (χ4v) is 2.38. The minimum absolute atomic E-state index is 0.0523. The summed E-state index contributed by atoms with van der Waals surface area (Å²) in [6.45, 7) is 0.753. The van der Waals surface area contributed by atoms with Crippen LogP contribution in [0, 0.1) is 0 Å². The Bertz CT molecular complexity index is 723. The molecular formula is C15H15N3O5. The van der Waals surface area contributed by atoms with E-state index in [1.807, 2.05) is 0 Å². The number of nitrogens with zero attached hydrogens (tertiary/aromatic N) is 2. The number of hydrogen-bond donors (Lipinski definition) is 3. The lowest BCUT2D eigenvalue weighted by atomic mass is 10.1. The predicted octanol–water partition coefficient (Wildman–Crippen LogP) is 0.646. The number of rotatable bonds is 5. The van der Waals surface area contributed by atoms with E-state index < -0.39 is 5.97 Å². The van der Waals surface area contributed by atoms with Crippen molar-refractivity contribution in [3.63, 3.8) is 0 Å². The first-order chi connectivity index (χ1) is 11.0. The molecule has 0 bridgehead atoms. The number of ether oxygens (including phenoxy) is 1. The molecule has 0 aliphatic carbocycles. The zero-order valence-corrected chi connectivity index (χ0v) is 12.1. The Morgan fingerprint density at radius 3 is 2.83 bits per heavy atom. The van der Waals surface area contributed by atoms with E-state index in [0.717, 1.165) is 5.69 Å². The maximum absolute atomic E-state index is 12.0. The molecule has 2 aromatic rings. The van der Waals surface area contributed by atoms with Crippen LogP contribution in [0.25, 0.3) is 0 Å². The second kappa shape index (κ2) is 5.99. The van der Waals surface area contributed by atoms with E-state index in [1.165, 1.54) is 24.5 Å². The number of likely N-dealkylation sites (tertiary alicyclic amines) is 1. The second-order valence-electron chi connectivity index (χ2n) is 5.25. The van der Waals surface area contributed by atoms with Gasteiger partial charge in [0.2, 0.25) is 5.91 Å². The Morgan fingerprint density at radius 1 is 1.39 bits per heavy atom. The van der Waals surface area contributed by atoms with Crippen molar-refractivity contribution >= 4 is 11.9 Å². The van der Waals surface area contributed by atoms with Gasteiger partial charge in [-0.05, 0) is 12.1 Å². The number of hydrogen-bond acceptors (Lipinski definition) is 5. The number of benzene rings is 1. The lowest BCUT2D eigenvalue weighted by Gasteiger charge is -2.39. The molecule has 3 rings (SSSR count). The quantitative estimate of drug-likeness (QED) is 0.745. The van der Waals surface area contributed by atoms with Crippen molar-refractivity contribution in [3.8, 4) is 11.5 Å². The van der Waals surface area contributed by atoms with Crippen molar-refractivity contribution in [3.05, 3.63) is 42.0 Å². The third-order valence-corrected chi connectivity index (χ3v) is 3.61. The summed E-state index contributed by atoms with van der Waals surface area (Å²) >= 11 is 0. The number of carbonyl (C=O) groups is 2. The van der Waals surface area contributed by atoms with Crippen LogP contribution in [0.4, 0.5) is 0 Å². The summed E-state index contributed by atoms with van der Waals surface area (Å²) in [5.41, 5.74) is 0.468. The number of aromatic hydroxyl groups is 1. The van der Waals surface area contributed by atoms with Gasteiger partial charge in [-0.1, -0.05) is 6.07 Å². The molecule has 2 heterocycles. The zero-order valence-electron chi connectivity index (χ0n) is 12.1. The van der Waals surface area contributed by atoms with Crippen LogP contribution in [-0.4, -0.2) is 56.2 Å². The highest BCUT2D eigenvalue weighted by atomic mass is 16.5. The summed E-state index contributed by atoms with van der Waals surface area (Å²) in [4.78, 5) is 31.5. The average molecular weight is 317 g/mol. The third-order valence-electron chi connectivity index (χ3n) is 3.61. The van der Waals surface area contributed by atoms with Crippen LogP contribution in [0.15, 0.2) is 30.7 Å². The van der Waals surface area contributed by atoms with Crippen molar-refractivity contribution in [2.45, 2.75) is 12.5 Å². The summed E-state index contributed by atoms with van der Waals surface area (Å²) in [6, 6.07) is 4.28. The SMILES string of the molecule is O=C(O)c1c(O)cccc1OC1CN(C(=O)Cc2cnc[nH]2)C1. The largest absolute Gasteiger partial charge is 0.507 e. The molecule has 8 heteroatoms. The minimum Gasteiger partial charge on any atom is -0.507 e. The molecule has 1 saturated heterocycles. The Kier molecular flexibility index (Phi) is 3.88. The molecule has 0 unspecified atom stereocenters. The van der Waals surface area contributed by atoms with E-state index in [2.05, 4.69) is 9.97 Å². The second-order valence-corrected chi connectivity index (χ2v) is 5.25. The molecule has 1 fully saturated rings. The van der Waals surface area contributed by atoms with Crippen molar-refractivity contribution < 1.29 is 24.5 Å². The molecular weight excluding hydrogens is 302 g/mol. The maximum Gasteiger partial charge on any atom is 0.343 e. The van der Waals surface area contributed by atoms with Gasteiger partial charge >= 0.3 is 5.97 Å². The van der Waals surface area contributed by atoms with Crippen molar-refractivity contribution in [2.24, 2.45) is 0 Å². The standard InChI is InChI=1S/C15H15N3O5/c19-11-2-1-3-12(14(11)15(21)22)23-10-6-18(7-10)13(20)4-9-5-16-8-17-9/h1-3,5,8,10,19H,4,6-7H2,(H,16,17)(H,21,22). The number of amides is 1. The fraction of sp³-hybridized carbons (Fsp3) is 0.267. The first-order valence-electron chi connectivity index (χ1n) is 7.01. The number of phenols is 1. The van der Waals surface area contributed by atoms with Crippen molar-refractivity contribution in [1.29, 1.82) is 0 Å². The van der Waals surface area contributed by atoms with Gasteiger partial charge in [-0.25, -0.2) is 9.78 Å². The lowest BCUT2D eigenvalue weighted by molar-refractivity contribution is -0.139. The Labute approximate surface area is 131 Å². The van der Waals surface area contributed by atoms with Gasteiger partial charge in [0.05, 0.1) is 25.8 Å². The Morgan fingerprint density at radius 2 is 2.17 bits per heavy atom. The molecule has 1 amide bonds. The van der Waals surface area contributed by atoms with E-state index in [4.69, 9.17) is 9.84 Å². The van der Waals surface area contributed by atoms with Gasteiger partial charge in [0.15, 0.2) is 0 Å². The molecule has 1 aliphatic rings. The van der Waals surface area contributed by atoms with Crippen LogP contribution in [0.2, 0.25) is 0 Å². The van der Waals surface area contributed by atoms with E-state index in [-0.39, 0.29) is 35.5 Å². The molecule has 0 spiro atoms. The first kappa shape index (κ1) is 14.9. The zero-order chi connectivity index (χ0) is 16.4. The molecule has 8 nitrogen and oxygen atoms in total. The summed E-state index contributed by atoms with van der Waals surface area (Å²) in [6.07, 6.45) is 3.05. The van der Waals surface area contributed by atoms with Gasteiger partial charge in [-0.2, -0.15) is 0 Å². The van der Waals surface area contributed by atoms with Gasteiger partial charge in [-0.3, -0.25) is 4.79 Å². The van der Waals surface area contributed by atoms with Gasteiger partial charge in [0.1, 0.15) is 23.2 Å². The molecule has 1 aromatic carbocycles. The van der Waals surface area contributed by atoms with Crippen LogP contribution in [0.3, 0.4) is 0 Å². The molecule has 23 heavy (non-hydrogen) atoms. The van der Waals surface area contributed by atoms with E-state index >= 15 is 0 Å². The smallest absolute Gasteiger partial charge is 0.343 e. The highest BCUT2D eigenvalue weighted by Gasteiger charge is 2.33. The number of aromatic nitrogens is 2. The number of carboxylic acids is 1. The highest BCUT2D eigenvalue weighted by Crippen LogP contribution is 2.29. The van der Waals surface area contributed by atoms with Crippen molar-refractivity contribution in [2.75, 3.05) is 13.1 Å². The number of aromatic amines is 1. The Hall–Kier alpha value is -3.03. The molecule has 3 N–H and O–H groups in total. The summed E-state index contributed by atoms with van der Waals surface area (Å²) < 4.78 is 5.58. The predicted molar refractivity (Wildman–Crippen MR) is 78.4 cm³/mol. The fourth-order valence-electron chi connectivity index (χ4n) is 2.38. The number of carboxylic acid groups (broad SMARTS) is 1. The first-order valence-corrected chi connectivity index (χ1v) is 7.01. The molecule has 1 aromatic heterocycles. The summed E-state index contributed by atoms with van der Waals surface area (Å²) in [5.74, 6) is -1.56. The maximum atomic E-state index is 12.0. The third kappa shape index (κ3) is 3.10. The molecule has 120 valence electrons. The van der Waals surface area contributed by atoms with Gasteiger partial charge in [0.25, 0.3) is 0 Å². The minimum atomic E-state index is -1.26. The van der Waals surface area contributed by atoms with Crippen LogP contribution in [-0.2, 0) is 11.2 Å². The van der Waals surface area contributed by atoms with Crippen LogP contribution in [0.5, 0.6) is 11.5 Å². The molecule has 1 aliphatic heterocycles. The molecule has 0 atom stereocenters. The van der Waals surface area contributed by atoms with Crippen LogP contribution >= 0.6 is 0 Å². The van der Waals surface area contributed by atoms with Crippen LogP contribution < -0.4 is 4.74 Å². The van der Waals surface area contributed by atoms with Gasteiger partial charge in [-0.15, -0.1) is 0 Å². The van der Waals surface area contributed by atoms with E-state index in [9.17, 15) is 14.7 Å². The Balaban J connectivity index is 1.57. The van der Waals surface area contributed by atoms with Crippen molar-refractivity contribution in [1.82, 2.24) is 14.9 Å². The van der Waals surface area contributed by atoms with E-state index in [1.54, 1.807) is 11.1 Å². The number of aromatic carboxylic acids is 1. The lowest BCUT2D eigenvalue weighted by Crippen LogP contribution is -2.56. The molecule has 0 radical (unpaired) electrons. The molecule has 0 saturated carbocycles. The van der Waals surface area contributed by atoms with Gasteiger partial charge in [0, 0.05) is 11.9 Å². The topological polar surface area (TPSA) is 116 Å². The number of H-pyrrole nitrogens is 1. The highest BCUT2D eigenvalue weighted by molar-refractivity contribution is 5.94. The monoisotopic (exact) mass is 317 g/mol. The summed E-state index contributed by atoms with van der Waals surface area (Å²) in [5, 5.41) is 18.7. The normalized spacial score (nSPS) is 14.3. The number of nitrogens with one attached hydrogen (secondary N) is 1. The summed E-state index contributed by atoms with van der Waals surface area (Å²) in [7, 11) is 0.